The molecule has 2 amide bonds. The molecule has 2 N–H and O–H groups in total. The quantitative estimate of drug-likeness (QED) is 0.809. The molecule has 1 aliphatic carbocycles. The van der Waals surface area contributed by atoms with Crippen molar-refractivity contribution in [3.63, 3.8) is 0 Å². The number of aryl methyl sites for hydroxylation is 2. The van der Waals surface area contributed by atoms with Gasteiger partial charge in [-0.2, -0.15) is 0 Å². The number of rotatable bonds is 6. The summed E-state index contributed by atoms with van der Waals surface area (Å²) in [5.74, 6) is 0.157. The van der Waals surface area contributed by atoms with E-state index in [4.69, 9.17) is 0 Å². The molecule has 6 heteroatoms. The van der Waals surface area contributed by atoms with Crippen molar-refractivity contribution in [1.82, 2.24) is 15.1 Å². The normalized spacial score (nSPS) is 19.8. The molecule has 1 heterocycles. The molecule has 1 aromatic carbocycles. The van der Waals surface area contributed by atoms with Crippen LogP contribution < -0.4 is 10.6 Å². The van der Waals surface area contributed by atoms with Crippen LogP contribution in [-0.2, 0) is 9.59 Å². The maximum atomic E-state index is 12.4. The zero-order chi connectivity index (χ0) is 18.7. The lowest BCUT2D eigenvalue weighted by atomic mass is 10.1. The van der Waals surface area contributed by atoms with Crippen LogP contribution in [0.15, 0.2) is 18.2 Å². The van der Waals surface area contributed by atoms with E-state index in [1.54, 1.807) is 0 Å². The third kappa shape index (κ3) is 4.83. The summed E-state index contributed by atoms with van der Waals surface area (Å²) in [6.07, 6.45) is 2.23. The molecule has 26 heavy (non-hydrogen) atoms. The van der Waals surface area contributed by atoms with Crippen molar-refractivity contribution in [1.29, 1.82) is 0 Å². The molecule has 1 aromatic rings. The van der Waals surface area contributed by atoms with Gasteiger partial charge in [0.15, 0.2) is 0 Å². The summed E-state index contributed by atoms with van der Waals surface area (Å²) in [6, 6.07) is 6.33. The molecule has 1 atom stereocenters. The minimum absolute atomic E-state index is 0.0235. The first kappa shape index (κ1) is 18.9. The zero-order valence-corrected chi connectivity index (χ0v) is 16.0. The van der Waals surface area contributed by atoms with Crippen LogP contribution in [0.5, 0.6) is 0 Å². The Labute approximate surface area is 155 Å². The second-order valence-corrected chi connectivity index (χ2v) is 7.59. The van der Waals surface area contributed by atoms with Crippen LogP contribution in [0.1, 0.15) is 30.9 Å². The maximum absolute atomic E-state index is 12.4. The number of hydrogen-bond donors (Lipinski definition) is 2. The van der Waals surface area contributed by atoms with Crippen LogP contribution in [0.3, 0.4) is 0 Å². The van der Waals surface area contributed by atoms with Gasteiger partial charge in [-0.15, -0.1) is 0 Å². The third-order valence-electron chi connectivity index (χ3n) is 5.37. The Bertz CT molecular complexity index is 644. The third-order valence-corrected chi connectivity index (χ3v) is 5.37. The summed E-state index contributed by atoms with van der Waals surface area (Å²) in [5, 5.41) is 6.12. The van der Waals surface area contributed by atoms with E-state index in [0.29, 0.717) is 12.6 Å². The van der Waals surface area contributed by atoms with Gasteiger partial charge in [-0.1, -0.05) is 18.2 Å². The van der Waals surface area contributed by atoms with Crippen LogP contribution in [0.2, 0.25) is 0 Å². The minimum atomic E-state index is -0.0961. The van der Waals surface area contributed by atoms with Gasteiger partial charge in [-0.3, -0.25) is 19.4 Å². The average Bonchev–Trinajstić information content (AvgIpc) is 3.42. The molecule has 0 radical (unpaired) electrons. The highest BCUT2D eigenvalue weighted by Crippen LogP contribution is 2.20. The molecule has 0 unspecified atom stereocenters. The van der Waals surface area contributed by atoms with Gasteiger partial charge in [-0.25, -0.2) is 0 Å². The predicted molar refractivity (Wildman–Crippen MR) is 103 cm³/mol. The molecule has 0 bridgehead atoms. The van der Waals surface area contributed by atoms with Gasteiger partial charge in [0.05, 0.1) is 12.6 Å². The summed E-state index contributed by atoms with van der Waals surface area (Å²) in [4.78, 5) is 29.0. The van der Waals surface area contributed by atoms with Crippen LogP contribution >= 0.6 is 0 Å². The summed E-state index contributed by atoms with van der Waals surface area (Å²) in [7, 11) is 0. The van der Waals surface area contributed by atoms with E-state index in [9.17, 15) is 9.59 Å². The molecule has 2 fully saturated rings. The SMILES string of the molecule is Cc1cccc(C)c1NC(=O)CN1CCN([C@@H](C)C(=O)NC2CC2)CC1. The van der Waals surface area contributed by atoms with E-state index >= 15 is 0 Å². The molecular formula is C20H30N4O2. The lowest BCUT2D eigenvalue weighted by Gasteiger charge is -2.37. The zero-order valence-electron chi connectivity index (χ0n) is 16.0. The number of nitrogens with zero attached hydrogens (tertiary/aromatic N) is 2. The van der Waals surface area contributed by atoms with E-state index in [-0.39, 0.29) is 17.9 Å². The number of carbonyl (C=O) groups is 2. The fourth-order valence-electron chi connectivity index (χ4n) is 3.42. The molecule has 6 nitrogen and oxygen atoms in total. The van der Waals surface area contributed by atoms with E-state index in [2.05, 4.69) is 20.4 Å². The average molecular weight is 358 g/mol. The van der Waals surface area contributed by atoms with Crippen molar-refractivity contribution in [2.45, 2.75) is 45.7 Å². The van der Waals surface area contributed by atoms with Crippen molar-refractivity contribution in [3.8, 4) is 0 Å². The topological polar surface area (TPSA) is 64.7 Å². The van der Waals surface area contributed by atoms with Gasteiger partial charge >= 0.3 is 0 Å². The molecule has 0 spiro atoms. The summed E-state index contributed by atoms with van der Waals surface area (Å²) in [6.45, 7) is 9.63. The Balaban J connectivity index is 1.44. The van der Waals surface area contributed by atoms with Gasteiger partial charge in [0.1, 0.15) is 0 Å². The second-order valence-electron chi connectivity index (χ2n) is 7.59. The molecule has 1 saturated heterocycles. The van der Waals surface area contributed by atoms with Gasteiger partial charge in [0.2, 0.25) is 11.8 Å². The van der Waals surface area contributed by atoms with Crippen molar-refractivity contribution < 1.29 is 9.59 Å². The predicted octanol–water partition coefficient (Wildman–Crippen LogP) is 1.53. The van der Waals surface area contributed by atoms with Gasteiger partial charge < -0.3 is 10.6 Å². The fraction of sp³-hybridized carbons (Fsp3) is 0.600. The highest BCUT2D eigenvalue weighted by molar-refractivity contribution is 5.93. The Morgan fingerprint density at radius 2 is 1.73 bits per heavy atom. The summed E-state index contributed by atoms with van der Waals surface area (Å²) in [5.41, 5.74) is 3.08. The molecule has 1 saturated carbocycles. The smallest absolute Gasteiger partial charge is 0.238 e. The van der Waals surface area contributed by atoms with Gasteiger partial charge in [-0.05, 0) is 44.7 Å². The first-order valence-corrected chi connectivity index (χ1v) is 9.57. The Hall–Kier alpha value is -1.92. The Morgan fingerprint density at radius 1 is 1.12 bits per heavy atom. The van der Waals surface area contributed by atoms with Crippen molar-refractivity contribution in [2.24, 2.45) is 0 Å². The summed E-state index contributed by atoms with van der Waals surface area (Å²) >= 11 is 0. The van der Waals surface area contributed by atoms with Crippen LogP contribution in [-0.4, -0.2) is 66.4 Å². The van der Waals surface area contributed by atoms with Gasteiger partial charge in [0.25, 0.3) is 0 Å². The number of benzene rings is 1. The van der Waals surface area contributed by atoms with Gasteiger partial charge in [0, 0.05) is 37.9 Å². The minimum Gasteiger partial charge on any atom is -0.352 e. The van der Waals surface area contributed by atoms with E-state index < -0.39 is 0 Å². The number of hydrogen-bond acceptors (Lipinski definition) is 4. The number of carbonyl (C=O) groups excluding carboxylic acids is 2. The number of piperazine rings is 1. The van der Waals surface area contributed by atoms with Crippen molar-refractivity contribution >= 4 is 17.5 Å². The van der Waals surface area contributed by atoms with Crippen LogP contribution in [0.4, 0.5) is 5.69 Å². The van der Waals surface area contributed by atoms with Crippen LogP contribution in [0, 0.1) is 13.8 Å². The summed E-state index contributed by atoms with van der Waals surface area (Å²) < 4.78 is 0. The largest absolute Gasteiger partial charge is 0.352 e. The molecule has 142 valence electrons. The highest BCUT2D eigenvalue weighted by atomic mass is 16.2. The first-order chi connectivity index (χ1) is 12.4. The number of para-hydroxylation sites is 1. The number of nitrogens with one attached hydrogen (secondary N) is 2. The van der Waals surface area contributed by atoms with Crippen molar-refractivity contribution in [3.05, 3.63) is 29.3 Å². The Kier molecular flexibility index (Phi) is 5.94. The Morgan fingerprint density at radius 3 is 2.31 bits per heavy atom. The van der Waals surface area contributed by atoms with Crippen molar-refractivity contribution in [2.75, 3.05) is 38.0 Å². The highest BCUT2D eigenvalue weighted by Gasteiger charge is 2.30. The molecule has 1 aliphatic heterocycles. The lowest BCUT2D eigenvalue weighted by molar-refractivity contribution is -0.127. The van der Waals surface area contributed by atoms with Crippen LogP contribution in [0.25, 0.3) is 0 Å². The molecule has 2 aliphatic rings. The monoisotopic (exact) mass is 358 g/mol. The number of amides is 2. The van der Waals surface area contributed by atoms with E-state index in [0.717, 1.165) is 55.8 Å². The number of anilines is 1. The fourth-order valence-corrected chi connectivity index (χ4v) is 3.42. The lowest BCUT2D eigenvalue weighted by Crippen LogP contribution is -2.55. The molecule has 3 rings (SSSR count). The van der Waals surface area contributed by atoms with E-state index in [1.807, 2.05) is 39.0 Å². The van der Waals surface area contributed by atoms with E-state index in [1.165, 1.54) is 0 Å². The second kappa shape index (κ2) is 8.18. The molecular weight excluding hydrogens is 328 g/mol. The molecule has 0 aromatic heterocycles. The maximum Gasteiger partial charge on any atom is 0.238 e. The standard InChI is InChI=1S/C20H30N4O2/c1-14-5-4-6-15(2)19(14)22-18(25)13-23-9-11-24(12-10-23)16(3)20(26)21-17-7-8-17/h4-6,16-17H,7-13H2,1-3H3,(H,21,26)(H,22,25)/t16-/m0/s1. The first-order valence-electron chi connectivity index (χ1n) is 9.57.